The summed E-state index contributed by atoms with van der Waals surface area (Å²) in [7, 11) is 1.82. The molecular formula is C16H25NO. The van der Waals surface area contributed by atoms with Crippen molar-refractivity contribution in [1.29, 1.82) is 0 Å². The molecule has 0 aromatic heterocycles. The zero-order valence-electron chi connectivity index (χ0n) is 11.8. The molecule has 1 fully saturated rings. The predicted molar refractivity (Wildman–Crippen MR) is 77.2 cm³/mol. The van der Waals surface area contributed by atoms with Crippen LogP contribution in [0.1, 0.15) is 51.0 Å². The Balaban J connectivity index is 1.92. The van der Waals surface area contributed by atoms with Crippen LogP contribution < -0.4 is 5.32 Å². The van der Waals surface area contributed by atoms with E-state index in [0.717, 1.165) is 6.42 Å². The van der Waals surface area contributed by atoms with Crippen LogP contribution in [0.2, 0.25) is 0 Å². The van der Waals surface area contributed by atoms with Gasteiger partial charge in [0, 0.05) is 18.8 Å². The number of methoxy groups -OCH3 is 1. The Labute approximate surface area is 111 Å². The molecule has 2 rings (SSSR count). The van der Waals surface area contributed by atoms with Gasteiger partial charge in [-0.05, 0) is 49.3 Å². The third kappa shape index (κ3) is 3.49. The maximum atomic E-state index is 5.47. The summed E-state index contributed by atoms with van der Waals surface area (Å²) < 4.78 is 5.47. The largest absolute Gasteiger partial charge is 0.382 e. The van der Waals surface area contributed by atoms with E-state index in [9.17, 15) is 0 Å². The Hall–Kier alpha value is -1.02. The van der Waals surface area contributed by atoms with Crippen LogP contribution in [-0.2, 0) is 4.74 Å². The minimum Gasteiger partial charge on any atom is -0.382 e. The Bertz CT molecular complexity index is 358. The average molecular weight is 247 g/mol. The highest BCUT2D eigenvalue weighted by Gasteiger charge is 2.21. The third-order valence-corrected chi connectivity index (χ3v) is 3.91. The summed E-state index contributed by atoms with van der Waals surface area (Å²) in [4.78, 5) is 0. The van der Waals surface area contributed by atoms with Gasteiger partial charge in [-0.25, -0.2) is 0 Å². The first-order chi connectivity index (χ1) is 8.69. The van der Waals surface area contributed by atoms with Crippen LogP contribution in [0.3, 0.4) is 0 Å². The molecule has 2 unspecified atom stereocenters. The van der Waals surface area contributed by atoms with Crippen LogP contribution in [0, 0.1) is 0 Å². The second-order valence-corrected chi connectivity index (χ2v) is 5.64. The van der Waals surface area contributed by atoms with Gasteiger partial charge in [-0.3, -0.25) is 0 Å². The highest BCUT2D eigenvalue weighted by molar-refractivity contribution is 5.46. The Morgan fingerprint density at radius 1 is 1.17 bits per heavy atom. The van der Waals surface area contributed by atoms with Crippen molar-refractivity contribution in [2.24, 2.45) is 0 Å². The van der Waals surface area contributed by atoms with Crippen LogP contribution in [0.15, 0.2) is 24.3 Å². The van der Waals surface area contributed by atoms with E-state index in [2.05, 4.69) is 43.4 Å². The first kappa shape index (κ1) is 13.4. The molecule has 0 saturated heterocycles. The first-order valence-electron chi connectivity index (χ1n) is 7.08. The molecule has 1 aliphatic rings. The topological polar surface area (TPSA) is 21.3 Å². The zero-order valence-corrected chi connectivity index (χ0v) is 11.8. The molecule has 0 heterocycles. The fraction of sp³-hybridized carbons (Fsp3) is 0.625. The lowest BCUT2D eigenvalue weighted by molar-refractivity contribution is 0.0669. The van der Waals surface area contributed by atoms with Crippen molar-refractivity contribution in [1.82, 2.24) is 0 Å². The second-order valence-electron chi connectivity index (χ2n) is 5.64. The average Bonchev–Trinajstić information content (AvgIpc) is 2.39. The van der Waals surface area contributed by atoms with E-state index in [1.165, 1.54) is 30.5 Å². The van der Waals surface area contributed by atoms with Gasteiger partial charge in [-0.1, -0.05) is 26.0 Å². The number of hydrogen-bond acceptors (Lipinski definition) is 2. The third-order valence-electron chi connectivity index (χ3n) is 3.91. The molecule has 2 nitrogen and oxygen atoms in total. The summed E-state index contributed by atoms with van der Waals surface area (Å²) in [5.74, 6) is 0.603. The van der Waals surface area contributed by atoms with E-state index in [1.54, 1.807) is 0 Å². The van der Waals surface area contributed by atoms with Crippen LogP contribution in [0.4, 0.5) is 5.69 Å². The number of ether oxygens (including phenoxy) is 1. The summed E-state index contributed by atoms with van der Waals surface area (Å²) in [6, 6.07) is 9.42. The standard InChI is InChI=1S/C16H25NO/c1-12(2)13-7-9-14(10-8-13)17-15-5-4-6-16(11-15)18-3/h7-10,12,15-17H,4-6,11H2,1-3H3. The van der Waals surface area contributed by atoms with Gasteiger partial charge in [0.05, 0.1) is 6.10 Å². The molecule has 1 aromatic rings. The van der Waals surface area contributed by atoms with Crippen molar-refractivity contribution in [3.63, 3.8) is 0 Å². The van der Waals surface area contributed by atoms with Crippen LogP contribution >= 0.6 is 0 Å². The lowest BCUT2D eigenvalue weighted by atomic mass is 9.92. The van der Waals surface area contributed by atoms with Gasteiger partial charge in [-0.15, -0.1) is 0 Å². The van der Waals surface area contributed by atoms with Crippen LogP contribution in [0.5, 0.6) is 0 Å². The lowest BCUT2D eigenvalue weighted by Crippen LogP contribution is -2.30. The van der Waals surface area contributed by atoms with Crippen molar-refractivity contribution in [3.8, 4) is 0 Å². The number of hydrogen-bond donors (Lipinski definition) is 1. The van der Waals surface area contributed by atoms with Gasteiger partial charge in [0.1, 0.15) is 0 Å². The minimum atomic E-state index is 0.436. The van der Waals surface area contributed by atoms with Gasteiger partial charge in [-0.2, -0.15) is 0 Å². The number of anilines is 1. The summed E-state index contributed by atoms with van der Waals surface area (Å²) in [6.45, 7) is 4.46. The molecule has 0 aliphatic heterocycles. The molecule has 18 heavy (non-hydrogen) atoms. The van der Waals surface area contributed by atoms with Gasteiger partial charge in [0.25, 0.3) is 0 Å². The highest BCUT2D eigenvalue weighted by atomic mass is 16.5. The molecule has 1 aromatic carbocycles. The van der Waals surface area contributed by atoms with Crippen LogP contribution in [-0.4, -0.2) is 19.3 Å². The molecule has 100 valence electrons. The summed E-state index contributed by atoms with van der Waals surface area (Å²) >= 11 is 0. The Morgan fingerprint density at radius 2 is 1.89 bits per heavy atom. The molecule has 0 spiro atoms. The molecule has 0 amide bonds. The van der Waals surface area contributed by atoms with Crippen molar-refractivity contribution in [3.05, 3.63) is 29.8 Å². The Morgan fingerprint density at radius 3 is 2.50 bits per heavy atom. The fourth-order valence-electron chi connectivity index (χ4n) is 2.69. The maximum absolute atomic E-state index is 5.47. The molecular weight excluding hydrogens is 222 g/mol. The fourth-order valence-corrected chi connectivity index (χ4v) is 2.69. The van der Waals surface area contributed by atoms with Crippen molar-refractivity contribution in [2.75, 3.05) is 12.4 Å². The molecule has 1 saturated carbocycles. The van der Waals surface area contributed by atoms with E-state index in [4.69, 9.17) is 4.74 Å². The summed E-state index contributed by atoms with van der Waals surface area (Å²) in [6.07, 6.45) is 5.29. The van der Waals surface area contributed by atoms with Crippen LogP contribution in [0.25, 0.3) is 0 Å². The molecule has 2 atom stereocenters. The number of nitrogens with one attached hydrogen (secondary N) is 1. The molecule has 1 aliphatic carbocycles. The van der Waals surface area contributed by atoms with Gasteiger partial charge in [0.15, 0.2) is 0 Å². The van der Waals surface area contributed by atoms with Gasteiger partial charge < -0.3 is 10.1 Å². The number of benzene rings is 1. The van der Waals surface area contributed by atoms with Crippen molar-refractivity contribution < 1.29 is 4.74 Å². The van der Waals surface area contributed by atoms with Gasteiger partial charge >= 0.3 is 0 Å². The number of rotatable bonds is 4. The molecule has 0 radical (unpaired) electrons. The van der Waals surface area contributed by atoms with E-state index in [1.807, 2.05) is 7.11 Å². The first-order valence-corrected chi connectivity index (χ1v) is 7.08. The monoisotopic (exact) mass is 247 g/mol. The predicted octanol–water partition coefficient (Wildman–Crippen LogP) is 4.18. The van der Waals surface area contributed by atoms with E-state index in [0.29, 0.717) is 18.1 Å². The quantitative estimate of drug-likeness (QED) is 0.861. The second kappa shape index (κ2) is 6.24. The molecule has 0 bridgehead atoms. The van der Waals surface area contributed by atoms with E-state index in [-0.39, 0.29) is 0 Å². The molecule has 2 heteroatoms. The normalized spacial score (nSPS) is 24.2. The Kier molecular flexibility index (Phi) is 4.65. The highest BCUT2D eigenvalue weighted by Crippen LogP contribution is 2.24. The summed E-state index contributed by atoms with van der Waals surface area (Å²) in [5.41, 5.74) is 2.64. The minimum absolute atomic E-state index is 0.436. The maximum Gasteiger partial charge on any atom is 0.0590 e. The SMILES string of the molecule is COC1CCCC(Nc2ccc(C(C)C)cc2)C1. The lowest BCUT2D eigenvalue weighted by Gasteiger charge is -2.29. The van der Waals surface area contributed by atoms with Crippen molar-refractivity contribution in [2.45, 2.75) is 57.6 Å². The molecule has 1 N–H and O–H groups in total. The zero-order chi connectivity index (χ0) is 13.0. The van der Waals surface area contributed by atoms with E-state index >= 15 is 0 Å². The smallest absolute Gasteiger partial charge is 0.0590 e. The van der Waals surface area contributed by atoms with Crippen molar-refractivity contribution >= 4 is 5.69 Å². The van der Waals surface area contributed by atoms with Gasteiger partial charge in [0.2, 0.25) is 0 Å². The summed E-state index contributed by atoms with van der Waals surface area (Å²) in [5, 5.41) is 3.63. The van der Waals surface area contributed by atoms with E-state index < -0.39 is 0 Å².